The maximum atomic E-state index is 11.7. The van der Waals surface area contributed by atoms with Gasteiger partial charge in [-0.1, -0.05) is 19.9 Å². The number of benzene rings is 1. The number of aliphatic imine (C=N–C) groups is 1. The summed E-state index contributed by atoms with van der Waals surface area (Å²) in [6.45, 7) is 12.0. The minimum absolute atomic E-state index is 0.0588. The van der Waals surface area contributed by atoms with Crippen LogP contribution in [0.3, 0.4) is 0 Å². The smallest absolute Gasteiger partial charge is 0.332 e. The van der Waals surface area contributed by atoms with E-state index in [2.05, 4.69) is 18.8 Å². The number of aromatic hydroxyl groups is 1. The number of nitrogens with zero attached hydrogens (tertiary/aromatic N) is 1. The van der Waals surface area contributed by atoms with Crippen LogP contribution in [0.1, 0.15) is 66.4 Å². The van der Waals surface area contributed by atoms with Crippen molar-refractivity contribution in [1.29, 1.82) is 0 Å². The third kappa shape index (κ3) is 10.7. The molecule has 0 bridgehead atoms. The minimum atomic E-state index is -1.81. The van der Waals surface area contributed by atoms with Gasteiger partial charge in [0.1, 0.15) is 0 Å². The molecule has 0 saturated carbocycles. The van der Waals surface area contributed by atoms with E-state index in [4.69, 9.17) is 14.2 Å². The number of phenolic OH excluding ortho intramolecular Hbond substituents is 1. The molecule has 1 aromatic rings. The molecule has 0 heterocycles. The van der Waals surface area contributed by atoms with E-state index in [-0.39, 0.29) is 24.0 Å². The third-order valence-electron chi connectivity index (χ3n) is 6.04. The van der Waals surface area contributed by atoms with Gasteiger partial charge in [0, 0.05) is 26.6 Å². The maximum Gasteiger partial charge on any atom is 0.332 e. The molecular weight excluding hydrogens is 466 g/mol. The molecule has 0 amide bonds. The first-order valence-corrected chi connectivity index (χ1v) is 12.3. The van der Waals surface area contributed by atoms with Crippen molar-refractivity contribution in [3.63, 3.8) is 0 Å². The average molecular weight is 510 g/mol. The average Bonchev–Trinajstić information content (AvgIpc) is 2.76. The Labute approximate surface area is 214 Å². The first kappa shape index (κ1) is 31.6. The summed E-state index contributed by atoms with van der Waals surface area (Å²) in [5.41, 5.74) is -1.44. The molecule has 204 valence electrons. The van der Waals surface area contributed by atoms with Crippen LogP contribution in [0.15, 0.2) is 23.2 Å². The zero-order valence-corrected chi connectivity index (χ0v) is 22.6. The first-order valence-electron chi connectivity index (χ1n) is 12.3. The number of aliphatic hydroxyl groups is 1. The summed E-state index contributed by atoms with van der Waals surface area (Å²) in [7, 11) is 1.62. The van der Waals surface area contributed by atoms with Crippen LogP contribution in [0, 0.1) is 11.8 Å². The summed E-state index contributed by atoms with van der Waals surface area (Å²) in [5.74, 6) is -0.588. The second-order valence-corrected chi connectivity index (χ2v) is 10.8. The fraction of sp³-hybridized carbons (Fsp3) is 0.704. The Morgan fingerprint density at radius 1 is 1.17 bits per heavy atom. The van der Waals surface area contributed by atoms with Gasteiger partial charge >= 0.3 is 5.97 Å². The number of aliphatic hydroxyl groups excluding tert-OH is 1. The fourth-order valence-corrected chi connectivity index (χ4v) is 3.94. The largest absolute Gasteiger partial charge is 0.504 e. The highest BCUT2D eigenvalue weighted by Crippen LogP contribution is 2.33. The topological polar surface area (TPSA) is 135 Å². The highest BCUT2D eigenvalue weighted by Gasteiger charge is 2.40. The van der Waals surface area contributed by atoms with Gasteiger partial charge < -0.3 is 29.5 Å². The van der Waals surface area contributed by atoms with E-state index < -0.39 is 29.3 Å². The zero-order chi connectivity index (χ0) is 27.5. The molecule has 0 unspecified atom stereocenters. The predicted octanol–water partition coefficient (Wildman–Crippen LogP) is 4.13. The van der Waals surface area contributed by atoms with E-state index >= 15 is 0 Å². The van der Waals surface area contributed by atoms with Gasteiger partial charge in [-0.05, 0) is 70.1 Å². The second kappa shape index (κ2) is 14.3. The number of ether oxygens (including phenoxy) is 3. The molecular formula is C27H43NO8. The summed E-state index contributed by atoms with van der Waals surface area (Å²) < 4.78 is 16.9. The lowest BCUT2D eigenvalue weighted by Crippen LogP contribution is -2.44. The molecule has 9 nitrogen and oxygen atoms in total. The molecule has 0 aliphatic carbocycles. The molecule has 0 aliphatic rings. The van der Waals surface area contributed by atoms with E-state index in [1.807, 2.05) is 32.9 Å². The number of hydrogen-bond donors (Lipinski definition) is 3. The van der Waals surface area contributed by atoms with Gasteiger partial charge in [-0.2, -0.15) is 4.99 Å². The van der Waals surface area contributed by atoms with Crippen LogP contribution in [-0.2, 0) is 25.5 Å². The fourth-order valence-electron chi connectivity index (χ4n) is 3.94. The molecule has 3 N–H and O–H groups in total. The quantitative estimate of drug-likeness (QED) is 0.172. The Bertz CT molecular complexity index is 871. The Balaban J connectivity index is 3.12. The molecule has 0 fully saturated rings. The van der Waals surface area contributed by atoms with Crippen LogP contribution in [0.25, 0.3) is 0 Å². The van der Waals surface area contributed by atoms with Crippen LogP contribution in [0.2, 0.25) is 0 Å². The number of carboxylic acid groups (broad SMARTS) is 1. The van der Waals surface area contributed by atoms with Crippen LogP contribution >= 0.6 is 0 Å². The van der Waals surface area contributed by atoms with Crippen molar-refractivity contribution in [2.75, 3.05) is 20.3 Å². The lowest BCUT2D eigenvalue weighted by Gasteiger charge is -2.36. The lowest BCUT2D eigenvalue weighted by molar-refractivity contribution is -0.148. The van der Waals surface area contributed by atoms with Crippen LogP contribution in [0.4, 0.5) is 0 Å². The van der Waals surface area contributed by atoms with Crippen molar-refractivity contribution in [1.82, 2.24) is 0 Å². The van der Waals surface area contributed by atoms with E-state index in [1.165, 1.54) is 13.0 Å². The number of phenols is 1. The normalized spacial score (nSPS) is 16.0. The molecule has 1 rings (SSSR count). The highest BCUT2D eigenvalue weighted by molar-refractivity contribution is 5.79. The van der Waals surface area contributed by atoms with Crippen molar-refractivity contribution >= 4 is 12.0 Å². The number of carbonyl (C=O) groups excluding carboxylic acids is 1. The number of aliphatic carboxylic acids is 1. The summed E-state index contributed by atoms with van der Waals surface area (Å²) in [4.78, 5) is 26.0. The zero-order valence-electron chi connectivity index (χ0n) is 22.6. The molecule has 0 aromatic heterocycles. The molecule has 1 aromatic carbocycles. The van der Waals surface area contributed by atoms with E-state index in [1.54, 1.807) is 13.2 Å². The monoisotopic (exact) mass is 509 g/mol. The van der Waals surface area contributed by atoms with Gasteiger partial charge in [-0.15, -0.1) is 0 Å². The third-order valence-corrected chi connectivity index (χ3v) is 6.04. The Kier molecular flexibility index (Phi) is 12.6. The predicted molar refractivity (Wildman–Crippen MR) is 136 cm³/mol. The SMILES string of the molecule is COCCCOc1cc(C[C@@H](C[C@H](OC(C)(C)C)[C@@H](O)C[C@@](C)(N=C=O)C(=O)O)C(C)C)ccc1O. The van der Waals surface area contributed by atoms with E-state index in [9.17, 15) is 24.9 Å². The van der Waals surface area contributed by atoms with Crippen molar-refractivity contribution in [2.24, 2.45) is 16.8 Å². The molecule has 0 spiro atoms. The number of methoxy groups -OCH3 is 1. The minimum Gasteiger partial charge on any atom is -0.504 e. The lowest BCUT2D eigenvalue weighted by atomic mass is 9.82. The molecule has 9 heteroatoms. The van der Waals surface area contributed by atoms with Crippen molar-refractivity contribution in [3.05, 3.63) is 23.8 Å². The van der Waals surface area contributed by atoms with Crippen molar-refractivity contribution in [2.45, 2.75) is 90.6 Å². The van der Waals surface area contributed by atoms with E-state index in [0.29, 0.717) is 38.2 Å². The molecule has 36 heavy (non-hydrogen) atoms. The number of carbonyl (C=O) groups is 1. The van der Waals surface area contributed by atoms with Crippen LogP contribution < -0.4 is 4.74 Å². The first-order chi connectivity index (χ1) is 16.7. The molecule has 4 atom stereocenters. The summed E-state index contributed by atoms with van der Waals surface area (Å²) in [6, 6.07) is 5.25. The van der Waals surface area contributed by atoms with Gasteiger partial charge in [-0.3, -0.25) is 0 Å². The second-order valence-electron chi connectivity index (χ2n) is 10.8. The Morgan fingerprint density at radius 2 is 1.83 bits per heavy atom. The summed E-state index contributed by atoms with van der Waals surface area (Å²) in [6.07, 6.45) is 0.919. The van der Waals surface area contributed by atoms with Gasteiger partial charge in [0.05, 0.1) is 24.4 Å². The molecule has 0 saturated heterocycles. The number of hydrogen-bond acceptors (Lipinski definition) is 8. The number of isocyanates is 1. The van der Waals surface area contributed by atoms with Gasteiger partial charge in [0.15, 0.2) is 17.0 Å². The number of rotatable bonds is 16. The van der Waals surface area contributed by atoms with E-state index in [0.717, 1.165) is 5.56 Å². The van der Waals surface area contributed by atoms with Crippen LogP contribution in [-0.4, -0.2) is 71.0 Å². The van der Waals surface area contributed by atoms with Gasteiger partial charge in [-0.25, -0.2) is 9.59 Å². The maximum absolute atomic E-state index is 11.7. The summed E-state index contributed by atoms with van der Waals surface area (Å²) >= 11 is 0. The van der Waals surface area contributed by atoms with Crippen LogP contribution in [0.5, 0.6) is 11.5 Å². The highest BCUT2D eigenvalue weighted by atomic mass is 16.5. The van der Waals surface area contributed by atoms with Gasteiger partial charge in [0.25, 0.3) is 0 Å². The number of carboxylic acids is 1. The summed E-state index contributed by atoms with van der Waals surface area (Å²) in [5, 5.41) is 30.8. The Hall–Kier alpha value is -2.45. The van der Waals surface area contributed by atoms with Crippen molar-refractivity contribution in [3.8, 4) is 11.5 Å². The molecule has 0 radical (unpaired) electrons. The Morgan fingerprint density at radius 3 is 2.36 bits per heavy atom. The van der Waals surface area contributed by atoms with Gasteiger partial charge in [0.2, 0.25) is 6.08 Å². The van der Waals surface area contributed by atoms with Crippen molar-refractivity contribution < 1.29 is 39.1 Å². The standard InChI is InChI=1S/C27H43NO8/c1-18(2)20(13-19-9-10-21(30)23(14-19)35-12-8-11-34-7)15-24(36-26(3,4)5)22(31)16-27(6,25(32)33)28-17-29/h9-10,14,18,20,22,24,30-31H,8,11-13,15-16H2,1-7H3,(H,32,33)/t20-,22-,24-,27+/m0/s1. The molecule has 0 aliphatic heterocycles.